The van der Waals surface area contributed by atoms with Gasteiger partial charge in [-0.2, -0.15) is 0 Å². The Labute approximate surface area is 203 Å². The fourth-order valence-electron chi connectivity index (χ4n) is 4.93. The van der Waals surface area contributed by atoms with Crippen molar-refractivity contribution >= 4 is 23.6 Å². The Morgan fingerprint density at radius 1 is 0.714 bits per heavy atom. The highest BCUT2D eigenvalue weighted by Gasteiger charge is 2.41. The lowest BCUT2D eigenvalue weighted by atomic mass is 9.85. The zero-order valence-electron chi connectivity index (χ0n) is 19.2. The van der Waals surface area contributed by atoms with Gasteiger partial charge in [0.15, 0.2) is 12.4 Å². The van der Waals surface area contributed by atoms with Gasteiger partial charge in [0.1, 0.15) is 0 Å². The highest BCUT2D eigenvalue weighted by Crippen LogP contribution is 2.33. The lowest BCUT2D eigenvalue weighted by Gasteiger charge is -2.32. The monoisotopic (exact) mass is 467 g/mol. The number of imide groups is 1. The van der Waals surface area contributed by atoms with Crippen LogP contribution in [0.4, 0.5) is 0 Å². The molecule has 1 saturated carbocycles. The Bertz CT molecular complexity index is 1240. The third-order valence-corrected chi connectivity index (χ3v) is 6.88. The minimum Gasteiger partial charge on any atom is -0.457 e. The van der Waals surface area contributed by atoms with Gasteiger partial charge in [-0.25, -0.2) is 0 Å². The molecule has 0 unspecified atom stereocenters. The Morgan fingerprint density at radius 3 is 1.86 bits per heavy atom. The van der Waals surface area contributed by atoms with Crippen LogP contribution in [-0.2, 0) is 9.53 Å². The van der Waals surface area contributed by atoms with Gasteiger partial charge in [-0.05, 0) is 48.9 Å². The molecule has 0 atom stereocenters. The van der Waals surface area contributed by atoms with Gasteiger partial charge in [0.05, 0.1) is 17.0 Å². The van der Waals surface area contributed by atoms with Gasteiger partial charge in [-0.1, -0.05) is 66.7 Å². The molecule has 35 heavy (non-hydrogen) atoms. The number of esters is 1. The van der Waals surface area contributed by atoms with Crippen LogP contribution >= 0.6 is 0 Å². The molecule has 0 radical (unpaired) electrons. The molecule has 0 spiro atoms. The second-order valence-corrected chi connectivity index (χ2v) is 9.01. The third kappa shape index (κ3) is 4.52. The van der Waals surface area contributed by atoms with Crippen molar-refractivity contribution in [2.75, 3.05) is 6.61 Å². The van der Waals surface area contributed by atoms with Crippen molar-refractivity contribution in [2.24, 2.45) is 5.92 Å². The molecular formula is C29H25NO5. The number of rotatable bonds is 6. The third-order valence-electron chi connectivity index (χ3n) is 6.88. The van der Waals surface area contributed by atoms with Gasteiger partial charge in [0.2, 0.25) is 0 Å². The summed E-state index contributed by atoms with van der Waals surface area (Å²) < 4.78 is 5.33. The lowest BCUT2D eigenvalue weighted by molar-refractivity contribution is -0.148. The van der Waals surface area contributed by atoms with Gasteiger partial charge < -0.3 is 4.74 Å². The standard InChI is InChI=1S/C29H25NO5/c31-26(21-12-10-20(11-13-21)19-6-2-1-3-7-19)18-35-29(34)22-14-16-23(17-15-22)30-27(32)24-8-4-5-9-25(24)28(30)33/h1-13,22-23H,14-18H2. The Kier molecular flexibility index (Phi) is 6.27. The number of Topliss-reactive ketones (excluding diaryl/α,β-unsaturated/α-hetero) is 1. The van der Waals surface area contributed by atoms with Gasteiger partial charge in [-0.15, -0.1) is 0 Å². The summed E-state index contributed by atoms with van der Waals surface area (Å²) in [5, 5.41) is 0. The fraction of sp³-hybridized carbons (Fsp3) is 0.241. The quantitative estimate of drug-likeness (QED) is 0.292. The smallest absolute Gasteiger partial charge is 0.309 e. The Balaban J connectivity index is 1.12. The van der Waals surface area contributed by atoms with Crippen molar-refractivity contribution < 1.29 is 23.9 Å². The highest BCUT2D eigenvalue weighted by molar-refractivity contribution is 6.21. The van der Waals surface area contributed by atoms with E-state index < -0.39 is 5.97 Å². The van der Waals surface area contributed by atoms with Crippen LogP contribution in [0.3, 0.4) is 0 Å². The van der Waals surface area contributed by atoms with Crippen molar-refractivity contribution in [3.05, 3.63) is 95.6 Å². The van der Waals surface area contributed by atoms with E-state index in [1.165, 1.54) is 4.90 Å². The lowest BCUT2D eigenvalue weighted by Crippen LogP contribution is -2.42. The SMILES string of the molecule is O=C(COC(=O)C1CCC(N2C(=O)c3ccccc3C2=O)CC1)c1ccc(-c2ccccc2)cc1. The molecule has 6 nitrogen and oxygen atoms in total. The van der Waals surface area contributed by atoms with E-state index in [0.717, 1.165) is 11.1 Å². The van der Waals surface area contributed by atoms with Crippen LogP contribution in [0.15, 0.2) is 78.9 Å². The second-order valence-electron chi connectivity index (χ2n) is 9.01. The molecule has 1 aliphatic heterocycles. The summed E-state index contributed by atoms with van der Waals surface area (Å²) in [5.74, 6) is -1.52. The number of ketones is 1. The van der Waals surface area contributed by atoms with Crippen molar-refractivity contribution in [1.82, 2.24) is 4.90 Å². The number of nitrogens with zero attached hydrogens (tertiary/aromatic N) is 1. The molecule has 0 aromatic heterocycles. The Hall–Kier alpha value is -4.06. The van der Waals surface area contributed by atoms with Crippen LogP contribution in [0, 0.1) is 5.92 Å². The predicted octanol–water partition coefficient (Wildman–Crippen LogP) is 4.93. The number of carbonyl (C=O) groups is 4. The van der Waals surface area contributed by atoms with E-state index in [2.05, 4.69) is 0 Å². The van der Waals surface area contributed by atoms with E-state index in [4.69, 9.17) is 4.74 Å². The normalized spacial score (nSPS) is 19.4. The van der Waals surface area contributed by atoms with Crippen LogP contribution in [0.2, 0.25) is 0 Å². The fourth-order valence-corrected chi connectivity index (χ4v) is 4.93. The summed E-state index contributed by atoms with van der Waals surface area (Å²) in [6, 6.07) is 23.7. The molecule has 1 aliphatic carbocycles. The molecular weight excluding hydrogens is 442 g/mol. The molecule has 5 rings (SSSR count). The molecule has 1 fully saturated rings. The van der Waals surface area contributed by atoms with E-state index in [1.54, 1.807) is 36.4 Å². The first-order valence-corrected chi connectivity index (χ1v) is 11.8. The first-order chi connectivity index (χ1) is 17.0. The summed E-state index contributed by atoms with van der Waals surface area (Å²) in [5.41, 5.74) is 3.44. The zero-order chi connectivity index (χ0) is 24.4. The van der Waals surface area contributed by atoms with Crippen LogP contribution in [-0.4, -0.2) is 41.1 Å². The first-order valence-electron chi connectivity index (χ1n) is 11.8. The van der Waals surface area contributed by atoms with Gasteiger partial charge >= 0.3 is 5.97 Å². The first kappa shape index (κ1) is 22.7. The van der Waals surface area contributed by atoms with Crippen LogP contribution < -0.4 is 0 Å². The molecule has 176 valence electrons. The van der Waals surface area contributed by atoms with Crippen molar-refractivity contribution in [3.63, 3.8) is 0 Å². The topological polar surface area (TPSA) is 80.8 Å². The van der Waals surface area contributed by atoms with Crippen molar-refractivity contribution in [1.29, 1.82) is 0 Å². The summed E-state index contributed by atoms with van der Waals surface area (Å²) in [7, 11) is 0. The van der Waals surface area contributed by atoms with Crippen molar-refractivity contribution in [3.8, 4) is 11.1 Å². The average Bonchev–Trinajstić information content (AvgIpc) is 3.17. The maximum Gasteiger partial charge on any atom is 0.309 e. The number of amides is 2. The van der Waals surface area contributed by atoms with E-state index in [1.807, 2.05) is 42.5 Å². The van der Waals surface area contributed by atoms with E-state index in [9.17, 15) is 19.2 Å². The number of hydrogen-bond acceptors (Lipinski definition) is 5. The van der Waals surface area contributed by atoms with Gasteiger partial charge in [0.25, 0.3) is 11.8 Å². The predicted molar refractivity (Wildman–Crippen MR) is 130 cm³/mol. The molecule has 0 N–H and O–H groups in total. The molecule has 6 heteroatoms. The highest BCUT2D eigenvalue weighted by atomic mass is 16.5. The summed E-state index contributed by atoms with van der Waals surface area (Å²) in [4.78, 5) is 51.9. The van der Waals surface area contributed by atoms with Crippen LogP contribution in [0.5, 0.6) is 0 Å². The van der Waals surface area contributed by atoms with E-state index >= 15 is 0 Å². The van der Waals surface area contributed by atoms with E-state index in [0.29, 0.717) is 42.4 Å². The molecule has 2 aliphatic rings. The number of benzene rings is 3. The molecule has 0 saturated heterocycles. The molecule has 0 bridgehead atoms. The van der Waals surface area contributed by atoms with Crippen LogP contribution in [0.1, 0.15) is 56.8 Å². The summed E-state index contributed by atoms with van der Waals surface area (Å²) in [6.45, 7) is -0.304. The minimum absolute atomic E-state index is 0.226. The maximum absolute atomic E-state index is 12.7. The minimum atomic E-state index is -0.403. The van der Waals surface area contributed by atoms with Crippen LogP contribution in [0.25, 0.3) is 11.1 Å². The molecule has 1 heterocycles. The molecule has 3 aromatic rings. The number of ether oxygens (including phenoxy) is 1. The number of carbonyl (C=O) groups excluding carboxylic acids is 4. The number of fused-ring (bicyclic) bond motifs is 1. The van der Waals surface area contributed by atoms with Crippen molar-refractivity contribution in [2.45, 2.75) is 31.7 Å². The average molecular weight is 468 g/mol. The van der Waals surface area contributed by atoms with E-state index in [-0.39, 0.29) is 36.2 Å². The second kappa shape index (κ2) is 9.66. The molecule has 3 aromatic carbocycles. The maximum atomic E-state index is 12.7. The largest absolute Gasteiger partial charge is 0.457 e. The number of hydrogen-bond donors (Lipinski definition) is 0. The Morgan fingerprint density at radius 2 is 1.26 bits per heavy atom. The summed E-state index contributed by atoms with van der Waals surface area (Å²) >= 11 is 0. The van der Waals surface area contributed by atoms with Gasteiger partial charge in [-0.3, -0.25) is 24.1 Å². The molecule has 2 amide bonds. The zero-order valence-corrected chi connectivity index (χ0v) is 19.2. The summed E-state index contributed by atoms with van der Waals surface area (Å²) in [6.07, 6.45) is 2.11. The van der Waals surface area contributed by atoms with Gasteiger partial charge in [0, 0.05) is 11.6 Å².